The van der Waals surface area contributed by atoms with Crippen molar-refractivity contribution in [2.75, 3.05) is 19.6 Å². The Hall–Kier alpha value is -2.38. The lowest BCUT2D eigenvalue weighted by atomic mass is 10.1. The van der Waals surface area contributed by atoms with Gasteiger partial charge in [0, 0.05) is 32.3 Å². The normalized spacial score (nSPS) is 23.1. The van der Waals surface area contributed by atoms with E-state index in [1.54, 1.807) is 18.7 Å². The molecule has 1 aromatic rings. The summed E-state index contributed by atoms with van der Waals surface area (Å²) >= 11 is 0. The van der Waals surface area contributed by atoms with Crippen molar-refractivity contribution in [3.63, 3.8) is 0 Å². The molecular weight excluding hydrogens is 310 g/mol. The van der Waals surface area contributed by atoms with E-state index in [0.717, 1.165) is 22.8 Å². The van der Waals surface area contributed by atoms with Gasteiger partial charge in [0.25, 0.3) is 5.91 Å². The average molecular weight is 333 g/mol. The van der Waals surface area contributed by atoms with Gasteiger partial charge in [0.15, 0.2) is 0 Å². The van der Waals surface area contributed by atoms with E-state index in [4.69, 9.17) is 0 Å². The first-order chi connectivity index (χ1) is 11.2. The Bertz CT molecular complexity index is 709. The van der Waals surface area contributed by atoms with Gasteiger partial charge in [0.05, 0.1) is 5.69 Å². The van der Waals surface area contributed by atoms with Crippen molar-refractivity contribution >= 4 is 17.8 Å². The van der Waals surface area contributed by atoms with Crippen LogP contribution in [0.3, 0.4) is 0 Å². The highest BCUT2D eigenvalue weighted by atomic mass is 16.2. The van der Waals surface area contributed by atoms with E-state index >= 15 is 0 Å². The number of carbonyl (C=O) groups is 3. The molecule has 2 aliphatic heterocycles. The molecule has 24 heavy (non-hydrogen) atoms. The SMILES string of the molecule is Cc1cn(C)c(C2CCN(C(=O)CN3C(=O)NC(C)(C)C3=O)C2)n1. The van der Waals surface area contributed by atoms with Crippen molar-refractivity contribution in [2.45, 2.75) is 38.6 Å². The van der Waals surface area contributed by atoms with E-state index in [-0.39, 0.29) is 24.3 Å². The molecule has 0 saturated carbocycles. The first kappa shape index (κ1) is 16.5. The number of imidazole rings is 1. The van der Waals surface area contributed by atoms with Crippen LogP contribution in [0.25, 0.3) is 0 Å². The molecule has 2 aliphatic rings. The fourth-order valence-electron chi connectivity index (χ4n) is 3.41. The van der Waals surface area contributed by atoms with Crippen LogP contribution >= 0.6 is 0 Å². The molecule has 1 aromatic heterocycles. The van der Waals surface area contributed by atoms with Gasteiger partial charge in [-0.3, -0.25) is 14.5 Å². The number of aryl methyl sites for hydroxylation is 2. The van der Waals surface area contributed by atoms with E-state index in [1.165, 1.54) is 0 Å². The van der Waals surface area contributed by atoms with Gasteiger partial charge in [-0.2, -0.15) is 0 Å². The van der Waals surface area contributed by atoms with Gasteiger partial charge in [-0.05, 0) is 27.2 Å². The van der Waals surface area contributed by atoms with Crippen LogP contribution in [0.1, 0.15) is 37.7 Å². The molecule has 8 heteroatoms. The number of imide groups is 1. The van der Waals surface area contributed by atoms with Gasteiger partial charge in [-0.25, -0.2) is 9.78 Å². The van der Waals surface area contributed by atoms with E-state index in [9.17, 15) is 14.4 Å². The average Bonchev–Trinajstić information content (AvgIpc) is 3.13. The Kier molecular flexibility index (Phi) is 3.85. The number of aromatic nitrogens is 2. The molecule has 3 heterocycles. The molecule has 2 fully saturated rings. The smallest absolute Gasteiger partial charge is 0.325 e. The zero-order chi connectivity index (χ0) is 17.6. The number of rotatable bonds is 3. The highest BCUT2D eigenvalue weighted by Crippen LogP contribution is 2.27. The number of nitrogens with zero attached hydrogens (tertiary/aromatic N) is 4. The second-order valence-electron chi connectivity index (χ2n) is 7.12. The lowest BCUT2D eigenvalue weighted by Gasteiger charge is -2.20. The number of likely N-dealkylation sites (tertiary alicyclic amines) is 1. The van der Waals surface area contributed by atoms with Crippen LogP contribution in [-0.2, 0) is 16.6 Å². The van der Waals surface area contributed by atoms with Crippen LogP contribution in [0.5, 0.6) is 0 Å². The molecule has 130 valence electrons. The highest BCUT2D eigenvalue weighted by molar-refractivity contribution is 6.08. The van der Waals surface area contributed by atoms with E-state index in [0.29, 0.717) is 13.1 Å². The fourth-order valence-corrected chi connectivity index (χ4v) is 3.41. The minimum Gasteiger partial charge on any atom is -0.340 e. The minimum atomic E-state index is -0.949. The number of hydrogen-bond donors (Lipinski definition) is 1. The lowest BCUT2D eigenvalue weighted by Crippen LogP contribution is -2.44. The van der Waals surface area contributed by atoms with Crippen LogP contribution < -0.4 is 5.32 Å². The molecule has 8 nitrogen and oxygen atoms in total. The van der Waals surface area contributed by atoms with Crippen LogP contribution in [0.2, 0.25) is 0 Å². The monoisotopic (exact) mass is 333 g/mol. The molecule has 0 spiro atoms. The molecule has 0 aliphatic carbocycles. The van der Waals surface area contributed by atoms with Crippen molar-refractivity contribution in [1.82, 2.24) is 24.7 Å². The molecule has 1 unspecified atom stereocenters. The van der Waals surface area contributed by atoms with Gasteiger partial charge in [0.2, 0.25) is 5.91 Å². The van der Waals surface area contributed by atoms with E-state index < -0.39 is 11.6 Å². The zero-order valence-electron chi connectivity index (χ0n) is 14.5. The molecular formula is C16H23N5O3. The second-order valence-corrected chi connectivity index (χ2v) is 7.12. The van der Waals surface area contributed by atoms with Gasteiger partial charge in [0.1, 0.15) is 17.9 Å². The van der Waals surface area contributed by atoms with E-state index in [2.05, 4.69) is 10.3 Å². The number of amides is 4. The summed E-state index contributed by atoms with van der Waals surface area (Å²) < 4.78 is 1.99. The quantitative estimate of drug-likeness (QED) is 0.810. The fraction of sp³-hybridized carbons (Fsp3) is 0.625. The summed E-state index contributed by atoms with van der Waals surface area (Å²) in [5, 5.41) is 2.59. The molecule has 0 radical (unpaired) electrons. The first-order valence-electron chi connectivity index (χ1n) is 8.11. The Balaban J connectivity index is 1.64. The molecule has 2 saturated heterocycles. The van der Waals surface area contributed by atoms with Crippen LogP contribution in [0.15, 0.2) is 6.20 Å². The summed E-state index contributed by atoms with van der Waals surface area (Å²) in [7, 11) is 1.95. The Morgan fingerprint density at radius 3 is 2.67 bits per heavy atom. The standard InChI is InChI=1S/C16H23N5O3/c1-10-7-19(4)13(17-10)11-5-6-20(8-11)12(22)9-21-14(23)16(2,3)18-15(21)24/h7,11H,5-6,8-9H2,1-4H3,(H,18,24). The minimum absolute atomic E-state index is 0.187. The third kappa shape index (κ3) is 2.76. The molecule has 1 atom stereocenters. The maximum atomic E-state index is 12.5. The summed E-state index contributed by atoms with van der Waals surface area (Å²) in [6.07, 6.45) is 2.80. The lowest BCUT2D eigenvalue weighted by molar-refractivity contribution is -0.137. The summed E-state index contributed by atoms with van der Waals surface area (Å²) in [5.74, 6) is 0.590. The van der Waals surface area contributed by atoms with Crippen LogP contribution in [-0.4, -0.2) is 62.4 Å². The Morgan fingerprint density at radius 1 is 1.42 bits per heavy atom. The number of carbonyl (C=O) groups excluding carboxylic acids is 3. The third-order valence-electron chi connectivity index (χ3n) is 4.68. The summed E-state index contributed by atoms with van der Waals surface area (Å²) in [6.45, 7) is 6.18. The molecule has 1 N–H and O–H groups in total. The maximum Gasteiger partial charge on any atom is 0.325 e. The van der Waals surface area contributed by atoms with Crippen molar-refractivity contribution < 1.29 is 14.4 Å². The molecule has 0 aromatic carbocycles. The van der Waals surface area contributed by atoms with Crippen LogP contribution in [0, 0.1) is 6.92 Å². The molecule has 4 amide bonds. The Labute approximate surface area is 140 Å². The largest absolute Gasteiger partial charge is 0.340 e. The zero-order valence-corrected chi connectivity index (χ0v) is 14.5. The van der Waals surface area contributed by atoms with Gasteiger partial charge in [-0.15, -0.1) is 0 Å². The molecule has 3 rings (SSSR count). The maximum absolute atomic E-state index is 12.5. The van der Waals surface area contributed by atoms with Crippen LogP contribution in [0.4, 0.5) is 4.79 Å². The van der Waals surface area contributed by atoms with Gasteiger partial charge >= 0.3 is 6.03 Å². The molecule has 0 bridgehead atoms. The number of hydrogen-bond acceptors (Lipinski definition) is 4. The van der Waals surface area contributed by atoms with Crippen molar-refractivity contribution in [2.24, 2.45) is 7.05 Å². The predicted molar refractivity (Wildman–Crippen MR) is 86.2 cm³/mol. The topological polar surface area (TPSA) is 87.5 Å². The van der Waals surface area contributed by atoms with Crippen molar-refractivity contribution in [1.29, 1.82) is 0 Å². The van der Waals surface area contributed by atoms with Crippen molar-refractivity contribution in [3.8, 4) is 0 Å². The van der Waals surface area contributed by atoms with E-state index in [1.807, 2.05) is 24.7 Å². The highest BCUT2D eigenvalue weighted by Gasteiger charge is 2.45. The summed E-state index contributed by atoms with van der Waals surface area (Å²) in [5.41, 5.74) is 0.00825. The first-order valence-corrected chi connectivity index (χ1v) is 8.11. The van der Waals surface area contributed by atoms with Gasteiger partial charge in [-0.1, -0.05) is 0 Å². The predicted octanol–water partition coefficient (Wildman–Crippen LogP) is 0.375. The summed E-state index contributed by atoms with van der Waals surface area (Å²) in [4.78, 5) is 43.8. The van der Waals surface area contributed by atoms with Gasteiger partial charge < -0.3 is 14.8 Å². The summed E-state index contributed by atoms with van der Waals surface area (Å²) in [6, 6.07) is -0.506. The number of urea groups is 1. The second kappa shape index (κ2) is 5.61. The number of nitrogens with one attached hydrogen (secondary N) is 1. The third-order valence-corrected chi connectivity index (χ3v) is 4.68. The Morgan fingerprint density at radius 2 is 2.12 bits per heavy atom. The van der Waals surface area contributed by atoms with Crippen molar-refractivity contribution in [3.05, 3.63) is 17.7 Å².